The van der Waals surface area contributed by atoms with Gasteiger partial charge in [-0.3, -0.25) is 15.2 Å². The fourth-order valence-electron chi connectivity index (χ4n) is 3.85. The molecule has 34 heavy (non-hydrogen) atoms. The normalized spacial score (nSPS) is 26.6. The van der Waals surface area contributed by atoms with Crippen LogP contribution in [0.1, 0.15) is 32.6 Å². The van der Waals surface area contributed by atoms with E-state index in [9.17, 15) is 26.7 Å². The maximum absolute atomic E-state index is 14.1. The maximum atomic E-state index is 14.1. The molecule has 5 nitrogen and oxygen atoms in total. The molecular formula is C22H22ClF5N4OS. The molecule has 2 atom stereocenters. The van der Waals surface area contributed by atoms with Gasteiger partial charge in [0.15, 0.2) is 5.04 Å². The first-order valence-electron chi connectivity index (χ1n) is 10.4. The van der Waals surface area contributed by atoms with Gasteiger partial charge >= 0.3 is 12.1 Å². The number of rotatable bonds is 2. The number of fused-ring (bicyclic) bond motifs is 1. The Hall–Kier alpha value is -2.11. The highest BCUT2D eigenvalue weighted by molar-refractivity contribution is 8.19. The Morgan fingerprint density at radius 2 is 2.06 bits per heavy atom. The van der Waals surface area contributed by atoms with Gasteiger partial charge in [0, 0.05) is 36.7 Å². The minimum Gasteiger partial charge on any atom is -0.323 e. The minimum absolute atomic E-state index is 0.0190. The van der Waals surface area contributed by atoms with Crippen LogP contribution in [0.15, 0.2) is 54.9 Å². The van der Waals surface area contributed by atoms with E-state index in [1.54, 1.807) is 6.92 Å². The zero-order chi connectivity index (χ0) is 25.3. The highest BCUT2D eigenvalue weighted by Crippen LogP contribution is 2.38. The molecule has 1 saturated carbocycles. The topological polar surface area (TPSA) is 91.7 Å². The van der Waals surface area contributed by atoms with Crippen molar-refractivity contribution in [3.05, 3.63) is 44.9 Å². The Bertz CT molecular complexity index is 1070. The summed E-state index contributed by atoms with van der Waals surface area (Å²) >= 11 is 6.84. The highest BCUT2D eigenvalue weighted by atomic mass is 35.5. The van der Waals surface area contributed by atoms with Crippen molar-refractivity contribution < 1.29 is 26.7 Å². The van der Waals surface area contributed by atoms with E-state index in [1.807, 2.05) is 0 Å². The summed E-state index contributed by atoms with van der Waals surface area (Å²) in [5.74, 6) is -4.80. The molecule has 0 spiro atoms. The van der Waals surface area contributed by atoms with Crippen LogP contribution in [-0.2, 0) is 4.79 Å². The van der Waals surface area contributed by atoms with Crippen molar-refractivity contribution in [2.45, 2.75) is 50.7 Å². The lowest BCUT2D eigenvalue weighted by molar-refractivity contribution is -0.111. The standard InChI is InChI=1S/C22H22ClF5N4OS/c1-11(15-10-31-9-12-4-5-13(22(26,27)28)6-7-14(12)15)18(23)34-19(30)20(33)32-17-16(29)3-2-8-21(17,24)25/h5-7,10,12,16,30H,2-4,8-9,29H2,1H3/b18-11+,30-19?,32-17?/t12?,16-/m0/s1. The van der Waals surface area contributed by atoms with Crippen molar-refractivity contribution in [2.75, 3.05) is 6.54 Å². The average Bonchev–Trinajstić information content (AvgIpc) is 2.98. The summed E-state index contributed by atoms with van der Waals surface area (Å²) in [5, 5.41) is 7.28. The molecule has 1 aliphatic heterocycles. The molecule has 2 aliphatic carbocycles. The molecule has 0 aromatic rings. The summed E-state index contributed by atoms with van der Waals surface area (Å²) in [7, 11) is 0. The maximum Gasteiger partial charge on any atom is 0.416 e. The number of hydrogen-bond donors (Lipinski definition) is 2. The fraction of sp³-hybridized carbons (Fsp3) is 0.455. The van der Waals surface area contributed by atoms with Gasteiger partial charge in [-0.25, -0.2) is 4.99 Å². The molecule has 0 bridgehead atoms. The van der Waals surface area contributed by atoms with Crippen LogP contribution in [0.3, 0.4) is 0 Å². The lowest BCUT2D eigenvalue weighted by Crippen LogP contribution is -2.47. The van der Waals surface area contributed by atoms with Gasteiger partial charge in [0.1, 0.15) is 5.71 Å². The van der Waals surface area contributed by atoms with Crippen LogP contribution < -0.4 is 5.73 Å². The monoisotopic (exact) mass is 520 g/mol. The lowest BCUT2D eigenvalue weighted by Gasteiger charge is -2.28. The van der Waals surface area contributed by atoms with Gasteiger partial charge < -0.3 is 5.73 Å². The molecule has 0 saturated heterocycles. The van der Waals surface area contributed by atoms with E-state index in [1.165, 1.54) is 12.3 Å². The van der Waals surface area contributed by atoms with Crippen LogP contribution in [0.25, 0.3) is 0 Å². The van der Waals surface area contributed by atoms with E-state index in [2.05, 4.69) is 9.98 Å². The highest BCUT2D eigenvalue weighted by Gasteiger charge is 2.43. The summed E-state index contributed by atoms with van der Waals surface area (Å²) in [4.78, 5) is 20.0. The van der Waals surface area contributed by atoms with Crippen molar-refractivity contribution in [2.24, 2.45) is 21.6 Å². The number of amides is 1. The van der Waals surface area contributed by atoms with Gasteiger partial charge in [-0.1, -0.05) is 41.6 Å². The number of dihydropyridines is 1. The van der Waals surface area contributed by atoms with Gasteiger partial charge in [0.25, 0.3) is 5.92 Å². The predicted octanol–water partition coefficient (Wildman–Crippen LogP) is 5.73. The molecular weight excluding hydrogens is 499 g/mol. The fourth-order valence-corrected chi connectivity index (χ4v) is 4.76. The van der Waals surface area contributed by atoms with Crippen molar-refractivity contribution in [1.82, 2.24) is 0 Å². The van der Waals surface area contributed by atoms with Crippen LogP contribution in [-0.4, -0.2) is 47.6 Å². The van der Waals surface area contributed by atoms with Crippen molar-refractivity contribution in [3.63, 3.8) is 0 Å². The van der Waals surface area contributed by atoms with Crippen LogP contribution in [0, 0.1) is 11.3 Å². The second-order valence-electron chi connectivity index (χ2n) is 8.12. The number of carbonyl (C=O) groups is 1. The first-order valence-corrected chi connectivity index (χ1v) is 11.6. The van der Waals surface area contributed by atoms with Gasteiger partial charge in [0.05, 0.1) is 9.94 Å². The van der Waals surface area contributed by atoms with E-state index < -0.39 is 46.8 Å². The predicted molar refractivity (Wildman–Crippen MR) is 125 cm³/mol. The molecule has 3 rings (SSSR count). The van der Waals surface area contributed by atoms with E-state index in [-0.39, 0.29) is 29.5 Å². The summed E-state index contributed by atoms with van der Waals surface area (Å²) in [6, 6.07) is -1.07. The van der Waals surface area contributed by atoms with Crippen LogP contribution >= 0.6 is 23.4 Å². The molecule has 3 N–H and O–H groups in total. The molecule has 0 radical (unpaired) electrons. The van der Waals surface area contributed by atoms with E-state index in [4.69, 9.17) is 22.7 Å². The Balaban J connectivity index is 1.84. The number of nitrogens with zero attached hydrogens (tertiary/aromatic N) is 2. The largest absolute Gasteiger partial charge is 0.416 e. The number of carbonyl (C=O) groups excluding carboxylic acids is 1. The molecule has 1 fully saturated rings. The average molecular weight is 521 g/mol. The Labute approximate surface area is 202 Å². The number of nitrogens with two attached hydrogens (primary N) is 1. The SMILES string of the molecule is C/C(C1=C2C=CC(C(F)(F)F)=CCC2CN=C1)=C(/Cl)SC(=N)C(=O)N=C1[C@@H](N)CCCC1(F)F. The number of thioether (sulfide) groups is 1. The Morgan fingerprint density at radius 1 is 1.35 bits per heavy atom. The number of alkyl halides is 5. The van der Waals surface area contributed by atoms with Crippen molar-refractivity contribution in [1.29, 1.82) is 5.41 Å². The van der Waals surface area contributed by atoms with Crippen molar-refractivity contribution in [3.8, 4) is 0 Å². The number of halogens is 6. The Kier molecular flexibility index (Phi) is 7.99. The van der Waals surface area contributed by atoms with E-state index >= 15 is 0 Å². The second kappa shape index (κ2) is 10.2. The first kappa shape index (κ1) is 26.5. The summed E-state index contributed by atoms with van der Waals surface area (Å²) < 4.78 is 67.5. The van der Waals surface area contributed by atoms with Crippen LogP contribution in [0.2, 0.25) is 0 Å². The van der Waals surface area contributed by atoms with E-state index in [0.29, 0.717) is 35.0 Å². The molecule has 184 valence electrons. The lowest BCUT2D eigenvalue weighted by atomic mass is 9.88. The molecule has 1 amide bonds. The van der Waals surface area contributed by atoms with Gasteiger partial charge in [-0.15, -0.1) is 0 Å². The third-order valence-corrected chi connectivity index (χ3v) is 7.11. The number of aliphatic imine (C=N–C) groups is 2. The second-order valence-corrected chi connectivity index (χ2v) is 9.74. The van der Waals surface area contributed by atoms with Crippen LogP contribution in [0.4, 0.5) is 22.0 Å². The number of allylic oxidation sites excluding steroid dienone is 6. The van der Waals surface area contributed by atoms with Crippen LogP contribution in [0.5, 0.6) is 0 Å². The van der Waals surface area contributed by atoms with E-state index in [0.717, 1.165) is 12.2 Å². The molecule has 1 unspecified atom stereocenters. The van der Waals surface area contributed by atoms with Gasteiger partial charge in [-0.05, 0) is 37.3 Å². The van der Waals surface area contributed by atoms with Crippen molar-refractivity contribution >= 4 is 46.2 Å². The third kappa shape index (κ3) is 5.92. The first-order chi connectivity index (χ1) is 15.8. The zero-order valence-corrected chi connectivity index (χ0v) is 19.6. The minimum atomic E-state index is -4.47. The smallest absolute Gasteiger partial charge is 0.323 e. The zero-order valence-electron chi connectivity index (χ0n) is 18.1. The molecule has 0 aromatic heterocycles. The molecule has 3 aliphatic rings. The Morgan fingerprint density at radius 3 is 2.71 bits per heavy atom. The van der Waals surface area contributed by atoms with Gasteiger partial charge in [-0.2, -0.15) is 22.0 Å². The third-order valence-electron chi connectivity index (χ3n) is 5.73. The van der Waals surface area contributed by atoms with Gasteiger partial charge in [0.2, 0.25) is 0 Å². The molecule has 1 heterocycles. The summed E-state index contributed by atoms with van der Waals surface area (Å²) in [5.41, 5.74) is 5.67. The summed E-state index contributed by atoms with van der Waals surface area (Å²) in [6.07, 6.45) is 0.649. The summed E-state index contributed by atoms with van der Waals surface area (Å²) in [6.45, 7) is 1.89. The molecule has 0 aromatic carbocycles. The number of hydrogen-bond acceptors (Lipinski definition) is 5. The molecule has 12 heteroatoms. The number of nitrogens with one attached hydrogen (secondary N) is 1. The quantitative estimate of drug-likeness (QED) is 0.277.